The Morgan fingerprint density at radius 3 is 2.21 bits per heavy atom. The standard InChI is InChI=1S/C37H46F2N4O4/c1-36(2,24-44)23-41-34(46)31(21-26-13-15-29(38)30(39)20-26)43(4)35(47)32(22-25-12-14-27-9-5-6-10-28(27)19-25)42(3)33(45)11-7-16-37(40)17-8-18-37/h5-7,9-15,19-20,31-32,44H,8,16-18,21-24,40H2,1-4H3,(H,41,46)/t31-,32-/m1/s1. The van der Waals surface area contributed by atoms with E-state index in [1.54, 1.807) is 27.0 Å². The van der Waals surface area contributed by atoms with Crippen molar-refractivity contribution in [1.29, 1.82) is 0 Å². The molecule has 47 heavy (non-hydrogen) atoms. The second-order valence-corrected chi connectivity index (χ2v) is 13.6. The number of nitrogens with one attached hydrogen (secondary N) is 1. The predicted molar refractivity (Wildman–Crippen MR) is 179 cm³/mol. The molecule has 0 aliphatic heterocycles. The van der Waals surface area contributed by atoms with Crippen LogP contribution in [0, 0.1) is 17.0 Å². The molecule has 252 valence electrons. The van der Waals surface area contributed by atoms with E-state index in [0.29, 0.717) is 12.0 Å². The zero-order chi connectivity index (χ0) is 34.4. The topological polar surface area (TPSA) is 116 Å². The van der Waals surface area contributed by atoms with E-state index in [9.17, 15) is 28.3 Å². The molecule has 1 aliphatic carbocycles. The first-order valence-electron chi connectivity index (χ1n) is 16.0. The second-order valence-electron chi connectivity index (χ2n) is 13.6. The fourth-order valence-electron chi connectivity index (χ4n) is 5.66. The Morgan fingerprint density at radius 2 is 1.57 bits per heavy atom. The lowest BCUT2D eigenvalue weighted by Gasteiger charge is -2.37. The number of carbonyl (C=O) groups excluding carboxylic acids is 3. The molecule has 8 nitrogen and oxygen atoms in total. The van der Waals surface area contributed by atoms with Crippen molar-refractivity contribution in [2.75, 3.05) is 27.2 Å². The van der Waals surface area contributed by atoms with Gasteiger partial charge in [-0.2, -0.15) is 0 Å². The van der Waals surface area contributed by atoms with Gasteiger partial charge >= 0.3 is 0 Å². The second kappa shape index (κ2) is 15.2. The number of carbonyl (C=O) groups is 3. The van der Waals surface area contributed by atoms with Crippen LogP contribution in [0.2, 0.25) is 0 Å². The summed E-state index contributed by atoms with van der Waals surface area (Å²) in [6, 6.07) is 14.9. The lowest BCUT2D eigenvalue weighted by Crippen LogP contribution is -2.56. The van der Waals surface area contributed by atoms with Crippen molar-refractivity contribution in [3.63, 3.8) is 0 Å². The van der Waals surface area contributed by atoms with Gasteiger partial charge in [-0.1, -0.05) is 68.5 Å². The zero-order valence-corrected chi connectivity index (χ0v) is 27.6. The number of hydrogen-bond acceptors (Lipinski definition) is 5. The van der Waals surface area contributed by atoms with Crippen LogP contribution in [0.3, 0.4) is 0 Å². The number of aliphatic hydroxyl groups excluding tert-OH is 1. The van der Waals surface area contributed by atoms with Crippen molar-refractivity contribution >= 4 is 28.5 Å². The maximum absolute atomic E-state index is 14.4. The van der Waals surface area contributed by atoms with Crippen LogP contribution < -0.4 is 11.1 Å². The number of amides is 3. The minimum absolute atomic E-state index is 0.107. The summed E-state index contributed by atoms with van der Waals surface area (Å²) < 4.78 is 27.9. The molecule has 3 amide bonds. The molecule has 0 spiro atoms. The third-order valence-electron chi connectivity index (χ3n) is 9.18. The first kappa shape index (κ1) is 35.7. The summed E-state index contributed by atoms with van der Waals surface area (Å²) in [7, 11) is 3.03. The lowest BCUT2D eigenvalue weighted by molar-refractivity contribution is -0.146. The van der Waals surface area contributed by atoms with Crippen LogP contribution in [0.25, 0.3) is 10.8 Å². The normalized spacial score (nSPS) is 15.6. The predicted octanol–water partition coefficient (Wildman–Crippen LogP) is 4.52. The molecule has 1 aliphatic rings. The van der Waals surface area contributed by atoms with E-state index in [4.69, 9.17) is 5.73 Å². The third-order valence-corrected chi connectivity index (χ3v) is 9.18. The highest BCUT2D eigenvalue weighted by molar-refractivity contribution is 5.95. The average Bonchev–Trinajstić information content (AvgIpc) is 3.04. The van der Waals surface area contributed by atoms with Crippen molar-refractivity contribution in [2.45, 2.75) is 70.0 Å². The van der Waals surface area contributed by atoms with Gasteiger partial charge in [0.15, 0.2) is 11.6 Å². The molecule has 1 fully saturated rings. The Morgan fingerprint density at radius 1 is 0.936 bits per heavy atom. The summed E-state index contributed by atoms with van der Waals surface area (Å²) in [4.78, 5) is 44.1. The molecular weight excluding hydrogens is 602 g/mol. The van der Waals surface area contributed by atoms with E-state index in [0.717, 1.165) is 47.7 Å². The highest BCUT2D eigenvalue weighted by Gasteiger charge is 2.36. The van der Waals surface area contributed by atoms with Crippen LogP contribution >= 0.6 is 0 Å². The Balaban J connectivity index is 1.65. The molecule has 3 aromatic carbocycles. The van der Waals surface area contributed by atoms with Gasteiger partial charge in [0.2, 0.25) is 17.7 Å². The minimum atomic E-state index is -1.13. The maximum Gasteiger partial charge on any atom is 0.246 e. The van der Waals surface area contributed by atoms with Crippen LogP contribution in [-0.4, -0.2) is 77.5 Å². The first-order valence-corrected chi connectivity index (χ1v) is 16.0. The van der Waals surface area contributed by atoms with Crippen LogP contribution in [0.1, 0.15) is 50.7 Å². The molecule has 0 aromatic heterocycles. The number of rotatable bonds is 14. The number of aliphatic hydroxyl groups is 1. The third kappa shape index (κ3) is 9.23. The molecule has 3 aromatic rings. The number of fused-ring (bicyclic) bond motifs is 1. The number of nitrogens with zero attached hydrogens (tertiary/aromatic N) is 2. The van der Waals surface area contributed by atoms with Crippen molar-refractivity contribution < 1.29 is 28.3 Å². The van der Waals surface area contributed by atoms with E-state index in [2.05, 4.69) is 5.32 Å². The summed E-state index contributed by atoms with van der Waals surface area (Å²) in [6.07, 6.45) is 6.65. The SMILES string of the molecule is CN(C(=O)C=CCC1(N)CCC1)[C@H](Cc1ccc2ccccc2c1)C(=O)N(C)[C@H](Cc1ccc(F)c(F)c1)C(=O)NCC(C)(C)CO. The van der Waals surface area contributed by atoms with Crippen LogP contribution in [0.15, 0.2) is 72.8 Å². The molecule has 0 heterocycles. The largest absolute Gasteiger partial charge is 0.396 e. The van der Waals surface area contributed by atoms with Gasteiger partial charge in [0.05, 0.1) is 0 Å². The van der Waals surface area contributed by atoms with Crippen LogP contribution in [0.4, 0.5) is 8.78 Å². The van der Waals surface area contributed by atoms with Crippen LogP contribution in [-0.2, 0) is 27.2 Å². The summed E-state index contributed by atoms with van der Waals surface area (Å²) in [5.41, 5.74) is 6.53. The molecule has 10 heteroatoms. The lowest BCUT2D eigenvalue weighted by atomic mass is 9.75. The molecule has 0 radical (unpaired) electrons. The average molecular weight is 649 g/mol. The van der Waals surface area contributed by atoms with Gasteiger partial charge in [-0.25, -0.2) is 8.78 Å². The Hall–Kier alpha value is -4.15. The quantitative estimate of drug-likeness (QED) is 0.223. The summed E-state index contributed by atoms with van der Waals surface area (Å²) in [5, 5.41) is 14.5. The van der Waals surface area contributed by atoms with Gasteiger partial charge in [0.25, 0.3) is 0 Å². The van der Waals surface area contributed by atoms with Gasteiger partial charge in [-0.15, -0.1) is 0 Å². The van der Waals surface area contributed by atoms with E-state index in [-0.39, 0.29) is 37.4 Å². The number of likely N-dealkylation sites (N-methyl/N-ethyl adjacent to an activating group) is 2. The fourth-order valence-corrected chi connectivity index (χ4v) is 5.66. The van der Waals surface area contributed by atoms with Crippen molar-refractivity contribution in [2.24, 2.45) is 11.1 Å². The smallest absolute Gasteiger partial charge is 0.246 e. The van der Waals surface area contributed by atoms with E-state index >= 15 is 0 Å². The maximum atomic E-state index is 14.4. The van der Waals surface area contributed by atoms with Crippen molar-refractivity contribution in [1.82, 2.24) is 15.1 Å². The molecule has 0 bridgehead atoms. The zero-order valence-electron chi connectivity index (χ0n) is 27.6. The van der Waals surface area contributed by atoms with E-state index in [1.807, 2.05) is 42.5 Å². The fraction of sp³-hybridized carbons (Fsp3) is 0.432. The van der Waals surface area contributed by atoms with Gasteiger partial charge in [0.1, 0.15) is 12.1 Å². The van der Waals surface area contributed by atoms with E-state index < -0.39 is 40.9 Å². The minimum Gasteiger partial charge on any atom is -0.396 e. The molecule has 4 N–H and O–H groups in total. The molecule has 2 atom stereocenters. The van der Waals surface area contributed by atoms with Gasteiger partial charge in [0, 0.05) is 51.0 Å². The highest BCUT2D eigenvalue weighted by Crippen LogP contribution is 2.32. The molecule has 1 saturated carbocycles. The first-order chi connectivity index (χ1) is 22.2. The number of hydrogen-bond donors (Lipinski definition) is 3. The molecular formula is C37H46F2N4O4. The molecule has 0 unspecified atom stereocenters. The molecule has 4 rings (SSSR count). The Bertz CT molecular complexity index is 1620. The highest BCUT2D eigenvalue weighted by atomic mass is 19.2. The van der Waals surface area contributed by atoms with Gasteiger partial charge in [-0.05, 0) is 65.8 Å². The summed E-state index contributed by atoms with van der Waals surface area (Å²) >= 11 is 0. The number of benzene rings is 3. The summed E-state index contributed by atoms with van der Waals surface area (Å²) in [5.74, 6) is -3.50. The number of halogens is 2. The summed E-state index contributed by atoms with van der Waals surface area (Å²) in [6.45, 7) is 3.48. The van der Waals surface area contributed by atoms with Crippen LogP contribution in [0.5, 0.6) is 0 Å². The Kier molecular flexibility index (Phi) is 11.5. The van der Waals surface area contributed by atoms with Gasteiger partial charge < -0.3 is 26.0 Å². The van der Waals surface area contributed by atoms with Crippen molar-refractivity contribution in [3.8, 4) is 0 Å². The van der Waals surface area contributed by atoms with E-state index in [1.165, 1.54) is 29.0 Å². The van der Waals surface area contributed by atoms with Crippen molar-refractivity contribution in [3.05, 3.63) is 95.6 Å². The molecule has 0 saturated heterocycles. The Labute approximate surface area is 275 Å². The van der Waals surface area contributed by atoms with Gasteiger partial charge in [-0.3, -0.25) is 14.4 Å². The monoisotopic (exact) mass is 648 g/mol. The number of nitrogens with two attached hydrogens (primary N) is 1.